The lowest BCUT2D eigenvalue weighted by atomic mass is 9.99. The van der Waals surface area contributed by atoms with Crippen molar-refractivity contribution >= 4 is 22.6 Å². The molecular weight excluding hydrogens is 323 g/mol. The fourth-order valence-electron chi connectivity index (χ4n) is 1.12. The van der Waals surface area contributed by atoms with Crippen molar-refractivity contribution < 1.29 is 17.6 Å². The largest absolute Gasteiger partial charge is 0.422 e. The van der Waals surface area contributed by atoms with Crippen LogP contribution in [0.5, 0.6) is 0 Å². The lowest BCUT2D eigenvalue weighted by Crippen LogP contribution is -2.39. The minimum Gasteiger partial charge on any atom is -0.234 e. The Kier molecular flexibility index (Phi) is 6.13. The third-order valence-corrected chi connectivity index (χ3v) is 3.18. The molecule has 0 fully saturated rings. The van der Waals surface area contributed by atoms with Crippen LogP contribution in [0.4, 0.5) is 17.6 Å². The maximum Gasteiger partial charge on any atom is 0.422 e. The van der Waals surface area contributed by atoms with Gasteiger partial charge >= 0.3 is 6.18 Å². The Balaban J connectivity index is 4.04. The highest BCUT2D eigenvalue weighted by Crippen LogP contribution is 2.39. The highest BCUT2D eigenvalue weighted by Gasteiger charge is 2.52. The summed E-state index contributed by atoms with van der Waals surface area (Å²) < 4.78 is 49.5. The molecule has 90 valence electrons. The average molecular weight is 338 g/mol. The molecule has 0 aliphatic heterocycles. The van der Waals surface area contributed by atoms with E-state index >= 15 is 0 Å². The van der Waals surface area contributed by atoms with Gasteiger partial charge < -0.3 is 0 Å². The summed E-state index contributed by atoms with van der Waals surface area (Å²) in [6.45, 7) is 4.12. The standard InChI is InChI=1S/C10H15F4I/c1-3-4-5-6-8(15)7-9(2,11)10(12,13)14/h3,8H,1,4-7H2,2H3. The van der Waals surface area contributed by atoms with Gasteiger partial charge in [-0.1, -0.05) is 28.7 Å². The molecule has 0 aliphatic carbocycles. The molecule has 0 N–H and O–H groups in total. The second-order valence-electron chi connectivity index (χ2n) is 3.72. The molecule has 0 radical (unpaired) electrons. The van der Waals surface area contributed by atoms with Crippen LogP contribution < -0.4 is 0 Å². The molecule has 0 saturated heterocycles. The number of allylic oxidation sites excluding steroid dienone is 1. The summed E-state index contributed by atoms with van der Waals surface area (Å²) in [4.78, 5) is 0. The number of alkyl halides is 5. The maximum atomic E-state index is 13.2. The second-order valence-corrected chi connectivity index (χ2v) is 5.48. The molecular formula is C10H15F4I. The van der Waals surface area contributed by atoms with Crippen LogP contribution in [0.2, 0.25) is 0 Å². The van der Waals surface area contributed by atoms with Crippen molar-refractivity contribution in [2.45, 2.75) is 48.4 Å². The van der Waals surface area contributed by atoms with E-state index in [1.807, 2.05) is 22.6 Å². The Morgan fingerprint density at radius 3 is 2.27 bits per heavy atom. The van der Waals surface area contributed by atoms with E-state index in [1.165, 1.54) is 0 Å². The highest BCUT2D eigenvalue weighted by molar-refractivity contribution is 14.1. The number of rotatable bonds is 6. The molecule has 0 amide bonds. The molecule has 0 aliphatic rings. The van der Waals surface area contributed by atoms with Gasteiger partial charge in [-0.05, 0) is 26.2 Å². The molecule has 0 rings (SSSR count). The number of unbranched alkanes of at least 4 members (excludes halogenated alkanes) is 1. The van der Waals surface area contributed by atoms with Gasteiger partial charge in [0.1, 0.15) is 0 Å². The van der Waals surface area contributed by atoms with Crippen LogP contribution in [0.25, 0.3) is 0 Å². The zero-order valence-electron chi connectivity index (χ0n) is 8.58. The SMILES string of the molecule is C=CCCCC(I)CC(C)(F)C(F)(F)F. The van der Waals surface area contributed by atoms with Gasteiger partial charge in [0.15, 0.2) is 0 Å². The first kappa shape index (κ1) is 15.2. The Morgan fingerprint density at radius 2 is 1.87 bits per heavy atom. The normalized spacial score (nSPS) is 18.3. The Bertz CT molecular complexity index is 198. The molecule has 15 heavy (non-hydrogen) atoms. The third-order valence-electron chi connectivity index (χ3n) is 2.12. The van der Waals surface area contributed by atoms with E-state index in [-0.39, 0.29) is 3.92 Å². The summed E-state index contributed by atoms with van der Waals surface area (Å²) in [6, 6.07) is 0. The van der Waals surface area contributed by atoms with Crippen LogP contribution in [0.15, 0.2) is 12.7 Å². The number of hydrogen-bond donors (Lipinski definition) is 0. The molecule has 5 heteroatoms. The van der Waals surface area contributed by atoms with E-state index in [2.05, 4.69) is 6.58 Å². The smallest absolute Gasteiger partial charge is 0.234 e. The summed E-state index contributed by atoms with van der Waals surface area (Å²) in [5.74, 6) is 0. The molecule has 0 aromatic heterocycles. The highest BCUT2D eigenvalue weighted by atomic mass is 127. The van der Waals surface area contributed by atoms with Crippen molar-refractivity contribution in [3.63, 3.8) is 0 Å². The first-order valence-corrected chi connectivity index (χ1v) is 5.96. The predicted molar refractivity (Wildman–Crippen MR) is 62.0 cm³/mol. The van der Waals surface area contributed by atoms with E-state index in [0.717, 1.165) is 12.8 Å². The quantitative estimate of drug-likeness (QED) is 0.214. The number of hydrogen-bond acceptors (Lipinski definition) is 0. The molecule has 2 unspecified atom stereocenters. The molecule has 0 saturated carbocycles. The topological polar surface area (TPSA) is 0 Å². The van der Waals surface area contributed by atoms with E-state index in [1.54, 1.807) is 6.08 Å². The van der Waals surface area contributed by atoms with Crippen LogP contribution in [-0.4, -0.2) is 15.8 Å². The van der Waals surface area contributed by atoms with Crippen LogP contribution >= 0.6 is 22.6 Å². The van der Waals surface area contributed by atoms with E-state index in [4.69, 9.17) is 0 Å². The number of halogens is 5. The summed E-state index contributed by atoms with van der Waals surface area (Å²) in [5, 5.41) is 0. The van der Waals surface area contributed by atoms with Crippen molar-refractivity contribution in [3.8, 4) is 0 Å². The lowest BCUT2D eigenvalue weighted by Gasteiger charge is -2.25. The van der Waals surface area contributed by atoms with Crippen LogP contribution in [0.3, 0.4) is 0 Å². The molecule has 0 heterocycles. The van der Waals surface area contributed by atoms with Crippen molar-refractivity contribution in [1.82, 2.24) is 0 Å². The minimum atomic E-state index is -4.77. The van der Waals surface area contributed by atoms with Crippen LogP contribution in [0.1, 0.15) is 32.6 Å². The molecule has 0 spiro atoms. The third kappa shape index (κ3) is 5.73. The van der Waals surface area contributed by atoms with Gasteiger partial charge in [0.05, 0.1) is 0 Å². The summed E-state index contributed by atoms with van der Waals surface area (Å²) in [7, 11) is 0. The van der Waals surface area contributed by atoms with E-state index in [9.17, 15) is 17.6 Å². The van der Waals surface area contributed by atoms with Crippen molar-refractivity contribution in [2.75, 3.05) is 0 Å². The van der Waals surface area contributed by atoms with Gasteiger partial charge in [-0.25, -0.2) is 4.39 Å². The van der Waals surface area contributed by atoms with E-state index < -0.39 is 18.3 Å². The minimum absolute atomic E-state index is 0.292. The first-order chi connectivity index (χ1) is 6.70. The Hall–Kier alpha value is 0.190. The second kappa shape index (κ2) is 6.06. The van der Waals surface area contributed by atoms with Gasteiger partial charge in [0.2, 0.25) is 5.67 Å². The molecule has 0 bridgehead atoms. The zero-order valence-corrected chi connectivity index (χ0v) is 10.7. The van der Waals surface area contributed by atoms with Crippen molar-refractivity contribution in [2.24, 2.45) is 0 Å². The van der Waals surface area contributed by atoms with Gasteiger partial charge in [-0.3, -0.25) is 0 Å². The van der Waals surface area contributed by atoms with Crippen molar-refractivity contribution in [1.29, 1.82) is 0 Å². The van der Waals surface area contributed by atoms with Gasteiger partial charge in [-0.15, -0.1) is 6.58 Å². The summed E-state index contributed by atoms with van der Waals surface area (Å²) in [6.07, 6.45) is -1.44. The zero-order chi connectivity index (χ0) is 12.1. The summed E-state index contributed by atoms with van der Waals surface area (Å²) in [5.41, 5.74) is -3.08. The molecule has 0 aromatic rings. The average Bonchev–Trinajstić information content (AvgIpc) is 2.01. The lowest BCUT2D eigenvalue weighted by molar-refractivity contribution is -0.225. The van der Waals surface area contributed by atoms with Crippen molar-refractivity contribution in [3.05, 3.63) is 12.7 Å². The Labute approximate surface area is 101 Å². The predicted octanol–water partition coefficient (Wildman–Crippen LogP) is 4.83. The van der Waals surface area contributed by atoms with E-state index in [0.29, 0.717) is 13.3 Å². The fourth-order valence-corrected chi connectivity index (χ4v) is 2.38. The maximum absolute atomic E-state index is 13.2. The molecule has 2 atom stereocenters. The van der Waals surface area contributed by atoms with Crippen LogP contribution in [-0.2, 0) is 0 Å². The first-order valence-electron chi connectivity index (χ1n) is 4.71. The molecule has 0 aromatic carbocycles. The summed E-state index contributed by atoms with van der Waals surface area (Å²) >= 11 is 1.87. The Morgan fingerprint density at radius 1 is 1.33 bits per heavy atom. The van der Waals surface area contributed by atoms with Gasteiger partial charge in [0.25, 0.3) is 0 Å². The van der Waals surface area contributed by atoms with Gasteiger partial charge in [-0.2, -0.15) is 13.2 Å². The molecule has 0 nitrogen and oxygen atoms in total. The van der Waals surface area contributed by atoms with Crippen LogP contribution in [0, 0.1) is 0 Å². The monoisotopic (exact) mass is 338 g/mol. The fraction of sp³-hybridized carbons (Fsp3) is 0.800. The van der Waals surface area contributed by atoms with Gasteiger partial charge in [0, 0.05) is 10.3 Å².